The minimum absolute atomic E-state index is 0.725. The summed E-state index contributed by atoms with van der Waals surface area (Å²) < 4.78 is 10.7. The lowest BCUT2D eigenvalue weighted by molar-refractivity contribution is 0.413. The molecule has 0 atom stereocenters. The van der Waals surface area contributed by atoms with Gasteiger partial charge in [-0.25, -0.2) is 0 Å². The van der Waals surface area contributed by atoms with Crippen molar-refractivity contribution in [1.29, 1.82) is 0 Å². The van der Waals surface area contributed by atoms with Gasteiger partial charge in [-0.1, -0.05) is 0 Å². The van der Waals surface area contributed by atoms with Crippen molar-refractivity contribution < 1.29 is 9.47 Å². The van der Waals surface area contributed by atoms with E-state index in [2.05, 4.69) is 21.9 Å². The molecule has 5 nitrogen and oxygen atoms in total. The summed E-state index contributed by atoms with van der Waals surface area (Å²) in [5.74, 6) is 1.72. The Bertz CT molecular complexity index is 650. The predicted octanol–water partition coefficient (Wildman–Crippen LogP) is 2.61. The molecular weight excluding hydrogens is 290 g/mol. The molecule has 1 aliphatic rings. The number of nitrogens with zero attached hydrogens (tertiary/aromatic N) is 2. The lowest BCUT2D eigenvalue weighted by atomic mass is 10.2. The molecule has 23 heavy (non-hydrogen) atoms. The highest BCUT2D eigenvalue weighted by molar-refractivity contribution is 5.65. The second kappa shape index (κ2) is 6.69. The number of rotatable bonds is 4. The van der Waals surface area contributed by atoms with Gasteiger partial charge in [-0.3, -0.25) is 0 Å². The Hall–Kier alpha value is -2.56. The van der Waals surface area contributed by atoms with Crippen molar-refractivity contribution in [3.8, 4) is 11.5 Å². The van der Waals surface area contributed by atoms with E-state index >= 15 is 0 Å². The van der Waals surface area contributed by atoms with Gasteiger partial charge in [-0.05, 0) is 36.4 Å². The highest BCUT2D eigenvalue weighted by Gasteiger charge is 2.20. The van der Waals surface area contributed by atoms with E-state index in [0.717, 1.165) is 49.1 Å². The first-order chi connectivity index (χ1) is 11.2. The van der Waals surface area contributed by atoms with Gasteiger partial charge in [0.15, 0.2) is 0 Å². The third kappa shape index (κ3) is 3.28. The molecular formula is C18H23N3O2. The Morgan fingerprint density at radius 1 is 0.826 bits per heavy atom. The van der Waals surface area contributed by atoms with Crippen LogP contribution in [0.2, 0.25) is 0 Å². The van der Waals surface area contributed by atoms with E-state index in [0.29, 0.717) is 0 Å². The van der Waals surface area contributed by atoms with Crippen LogP contribution in [-0.2, 0) is 0 Å². The fraction of sp³-hybridized carbons (Fsp3) is 0.333. The topological polar surface area (TPSA) is 51.0 Å². The van der Waals surface area contributed by atoms with Crippen molar-refractivity contribution in [2.45, 2.75) is 0 Å². The van der Waals surface area contributed by atoms with Gasteiger partial charge in [0, 0.05) is 43.6 Å². The summed E-state index contributed by atoms with van der Waals surface area (Å²) in [5.41, 5.74) is 8.90. The molecule has 1 saturated heterocycles. The second-order valence-corrected chi connectivity index (χ2v) is 5.60. The third-order valence-corrected chi connectivity index (χ3v) is 4.26. The van der Waals surface area contributed by atoms with Gasteiger partial charge in [0.1, 0.15) is 11.5 Å². The average Bonchev–Trinajstić information content (AvgIpc) is 2.62. The first-order valence-electron chi connectivity index (χ1n) is 7.78. The number of hydrogen-bond acceptors (Lipinski definition) is 5. The van der Waals surface area contributed by atoms with E-state index in [1.54, 1.807) is 14.2 Å². The van der Waals surface area contributed by atoms with Gasteiger partial charge in [0.25, 0.3) is 0 Å². The van der Waals surface area contributed by atoms with Crippen LogP contribution in [0.4, 0.5) is 17.1 Å². The smallest absolute Gasteiger partial charge is 0.144 e. The van der Waals surface area contributed by atoms with Gasteiger partial charge in [-0.15, -0.1) is 0 Å². The van der Waals surface area contributed by atoms with E-state index in [1.165, 1.54) is 5.69 Å². The fourth-order valence-corrected chi connectivity index (χ4v) is 2.95. The van der Waals surface area contributed by atoms with Crippen LogP contribution in [0, 0.1) is 0 Å². The number of methoxy groups -OCH3 is 2. The number of hydrogen-bond donors (Lipinski definition) is 1. The maximum absolute atomic E-state index is 5.84. The van der Waals surface area contributed by atoms with Crippen molar-refractivity contribution in [3.63, 3.8) is 0 Å². The molecule has 1 heterocycles. The van der Waals surface area contributed by atoms with E-state index in [-0.39, 0.29) is 0 Å². The molecule has 0 bridgehead atoms. The molecule has 2 N–H and O–H groups in total. The first-order valence-corrected chi connectivity index (χ1v) is 7.78. The number of benzene rings is 2. The molecule has 0 amide bonds. The molecule has 0 spiro atoms. The molecule has 2 aromatic rings. The van der Waals surface area contributed by atoms with Crippen molar-refractivity contribution in [2.75, 3.05) is 55.9 Å². The van der Waals surface area contributed by atoms with Crippen LogP contribution >= 0.6 is 0 Å². The number of nitrogens with two attached hydrogens (primary N) is 1. The SMILES string of the molecule is COc1ccc(N2CCN(c3ccc(N)cc3OC)CC2)cc1. The van der Waals surface area contributed by atoms with Crippen LogP contribution in [0.25, 0.3) is 0 Å². The van der Waals surface area contributed by atoms with Gasteiger partial charge < -0.3 is 25.0 Å². The Morgan fingerprint density at radius 3 is 2.09 bits per heavy atom. The molecule has 0 unspecified atom stereocenters. The van der Waals surface area contributed by atoms with Crippen LogP contribution in [-0.4, -0.2) is 40.4 Å². The summed E-state index contributed by atoms with van der Waals surface area (Å²) in [7, 11) is 3.37. The Labute approximate surface area is 137 Å². The summed E-state index contributed by atoms with van der Waals surface area (Å²) >= 11 is 0. The number of anilines is 3. The van der Waals surface area contributed by atoms with Gasteiger partial charge in [-0.2, -0.15) is 0 Å². The zero-order valence-electron chi connectivity index (χ0n) is 13.7. The molecule has 122 valence electrons. The van der Waals surface area contributed by atoms with Gasteiger partial charge >= 0.3 is 0 Å². The zero-order valence-corrected chi connectivity index (χ0v) is 13.7. The molecule has 0 aliphatic carbocycles. The fourth-order valence-electron chi connectivity index (χ4n) is 2.95. The second-order valence-electron chi connectivity index (χ2n) is 5.60. The minimum Gasteiger partial charge on any atom is -0.497 e. The van der Waals surface area contributed by atoms with Crippen molar-refractivity contribution >= 4 is 17.1 Å². The highest BCUT2D eigenvalue weighted by atomic mass is 16.5. The summed E-state index contributed by atoms with van der Waals surface area (Å²) in [6.07, 6.45) is 0. The van der Waals surface area contributed by atoms with Gasteiger partial charge in [0.05, 0.1) is 19.9 Å². The zero-order chi connectivity index (χ0) is 16.2. The molecule has 1 fully saturated rings. The molecule has 3 rings (SSSR count). The van der Waals surface area contributed by atoms with Crippen LogP contribution in [0.3, 0.4) is 0 Å². The lowest BCUT2D eigenvalue weighted by Crippen LogP contribution is -2.46. The molecule has 0 saturated carbocycles. The highest BCUT2D eigenvalue weighted by Crippen LogP contribution is 2.31. The van der Waals surface area contributed by atoms with Crippen molar-refractivity contribution in [1.82, 2.24) is 0 Å². The molecule has 0 radical (unpaired) electrons. The van der Waals surface area contributed by atoms with Crippen molar-refractivity contribution in [3.05, 3.63) is 42.5 Å². The normalized spacial score (nSPS) is 14.7. The van der Waals surface area contributed by atoms with Crippen LogP contribution < -0.4 is 25.0 Å². The van der Waals surface area contributed by atoms with Gasteiger partial charge in [0.2, 0.25) is 0 Å². The monoisotopic (exact) mass is 313 g/mol. The Kier molecular flexibility index (Phi) is 4.46. The molecule has 0 aromatic heterocycles. The average molecular weight is 313 g/mol. The third-order valence-electron chi connectivity index (χ3n) is 4.26. The Morgan fingerprint density at radius 2 is 1.48 bits per heavy atom. The summed E-state index contributed by atoms with van der Waals surface area (Å²) in [5, 5.41) is 0. The van der Waals surface area contributed by atoms with Crippen LogP contribution in [0.5, 0.6) is 11.5 Å². The maximum atomic E-state index is 5.84. The number of nitrogen functional groups attached to an aromatic ring is 1. The molecule has 2 aromatic carbocycles. The van der Waals surface area contributed by atoms with E-state index < -0.39 is 0 Å². The number of piperazine rings is 1. The predicted molar refractivity (Wildman–Crippen MR) is 94.8 cm³/mol. The van der Waals surface area contributed by atoms with E-state index in [9.17, 15) is 0 Å². The Balaban J connectivity index is 1.68. The number of ether oxygens (including phenoxy) is 2. The lowest BCUT2D eigenvalue weighted by Gasteiger charge is -2.37. The standard InChI is InChI=1S/C18H23N3O2/c1-22-16-6-4-15(5-7-16)20-9-11-21(12-10-20)17-8-3-14(19)13-18(17)23-2/h3-8,13H,9-12,19H2,1-2H3. The summed E-state index contributed by atoms with van der Waals surface area (Å²) in [6.45, 7) is 3.85. The van der Waals surface area contributed by atoms with Crippen molar-refractivity contribution in [2.24, 2.45) is 0 Å². The van der Waals surface area contributed by atoms with E-state index in [1.807, 2.05) is 30.3 Å². The summed E-state index contributed by atoms with van der Waals surface area (Å²) in [4.78, 5) is 4.73. The van der Waals surface area contributed by atoms with Crippen LogP contribution in [0.15, 0.2) is 42.5 Å². The largest absolute Gasteiger partial charge is 0.497 e. The first kappa shape index (κ1) is 15.3. The minimum atomic E-state index is 0.725. The molecule has 5 heteroatoms. The summed E-state index contributed by atoms with van der Waals surface area (Å²) in [6, 6.07) is 14.1. The molecule has 1 aliphatic heterocycles. The van der Waals surface area contributed by atoms with E-state index in [4.69, 9.17) is 15.2 Å². The van der Waals surface area contributed by atoms with Crippen LogP contribution in [0.1, 0.15) is 0 Å². The quantitative estimate of drug-likeness (QED) is 0.879. The maximum Gasteiger partial charge on any atom is 0.144 e.